The first-order chi connectivity index (χ1) is 12.7. The molecule has 7 heteroatoms. The fourth-order valence-electron chi connectivity index (χ4n) is 2.63. The van der Waals surface area contributed by atoms with Crippen LogP contribution in [-0.4, -0.2) is 20.1 Å². The minimum Gasteiger partial charge on any atom is -0.497 e. The number of benzene rings is 2. The minimum atomic E-state index is -4.37. The number of alkyl halides is 3. The molecule has 1 amide bonds. The van der Waals surface area contributed by atoms with Crippen molar-refractivity contribution in [2.75, 3.05) is 14.2 Å². The molecule has 0 aliphatic rings. The van der Waals surface area contributed by atoms with Crippen LogP contribution >= 0.6 is 0 Å². The molecule has 146 valence electrons. The van der Waals surface area contributed by atoms with E-state index in [1.165, 1.54) is 12.1 Å². The lowest BCUT2D eigenvalue weighted by molar-refractivity contribution is -0.137. The average molecular weight is 381 g/mol. The van der Waals surface area contributed by atoms with E-state index in [0.29, 0.717) is 23.5 Å². The Morgan fingerprint density at radius 1 is 1.04 bits per heavy atom. The lowest BCUT2D eigenvalue weighted by Crippen LogP contribution is -2.26. The van der Waals surface area contributed by atoms with Crippen molar-refractivity contribution in [1.82, 2.24) is 5.32 Å². The number of halogens is 3. The van der Waals surface area contributed by atoms with E-state index in [-0.39, 0.29) is 18.4 Å². The lowest BCUT2D eigenvalue weighted by Gasteiger charge is -2.16. The molecule has 1 N–H and O–H groups in total. The first kappa shape index (κ1) is 20.6. The van der Waals surface area contributed by atoms with E-state index < -0.39 is 11.7 Å². The van der Waals surface area contributed by atoms with Gasteiger partial charge in [-0.1, -0.05) is 12.1 Å². The first-order valence-electron chi connectivity index (χ1n) is 8.41. The van der Waals surface area contributed by atoms with Crippen molar-refractivity contribution in [3.05, 3.63) is 59.2 Å². The minimum absolute atomic E-state index is 0.191. The molecule has 0 unspecified atom stereocenters. The van der Waals surface area contributed by atoms with Crippen LogP contribution in [0.25, 0.3) is 0 Å². The fraction of sp³-hybridized carbons (Fsp3) is 0.350. The summed E-state index contributed by atoms with van der Waals surface area (Å²) in [4.78, 5) is 12.2. The molecule has 0 fully saturated rings. The van der Waals surface area contributed by atoms with Gasteiger partial charge in [-0.15, -0.1) is 0 Å². The zero-order chi connectivity index (χ0) is 20.0. The highest BCUT2D eigenvalue weighted by Crippen LogP contribution is 2.30. The highest BCUT2D eigenvalue weighted by Gasteiger charge is 2.30. The Morgan fingerprint density at radius 2 is 1.59 bits per heavy atom. The number of hydrogen-bond donors (Lipinski definition) is 1. The summed E-state index contributed by atoms with van der Waals surface area (Å²) in [6.45, 7) is 1.73. The van der Waals surface area contributed by atoms with E-state index >= 15 is 0 Å². The lowest BCUT2D eigenvalue weighted by atomic mass is 10.0. The summed E-state index contributed by atoms with van der Waals surface area (Å²) in [6, 6.07) is 9.79. The SMILES string of the molecule is COc1cc(CCC(=O)N[C@@H](C)c2ccc(C(F)(F)F)cc2)cc(OC)c1. The van der Waals surface area contributed by atoms with Crippen molar-refractivity contribution in [2.24, 2.45) is 0 Å². The largest absolute Gasteiger partial charge is 0.497 e. The molecule has 0 spiro atoms. The number of methoxy groups -OCH3 is 2. The zero-order valence-electron chi connectivity index (χ0n) is 15.4. The van der Waals surface area contributed by atoms with Crippen LogP contribution in [0, 0.1) is 0 Å². The Kier molecular flexibility index (Phi) is 6.71. The summed E-state index contributed by atoms with van der Waals surface area (Å²) >= 11 is 0. The van der Waals surface area contributed by atoms with E-state index in [1.54, 1.807) is 27.2 Å². The van der Waals surface area contributed by atoms with Crippen molar-refractivity contribution < 1.29 is 27.4 Å². The first-order valence-corrected chi connectivity index (χ1v) is 8.41. The molecule has 2 aromatic rings. The normalized spacial score (nSPS) is 12.4. The van der Waals surface area contributed by atoms with Crippen LogP contribution in [0.2, 0.25) is 0 Å². The maximum absolute atomic E-state index is 12.6. The molecule has 0 saturated carbocycles. The van der Waals surface area contributed by atoms with Crippen LogP contribution in [0.15, 0.2) is 42.5 Å². The number of carbonyl (C=O) groups is 1. The number of amides is 1. The van der Waals surface area contributed by atoms with Crippen molar-refractivity contribution in [1.29, 1.82) is 0 Å². The predicted molar refractivity (Wildman–Crippen MR) is 95.9 cm³/mol. The summed E-state index contributed by atoms with van der Waals surface area (Å²) < 4.78 is 48.2. The van der Waals surface area contributed by atoms with E-state index in [2.05, 4.69) is 5.32 Å². The molecule has 0 saturated heterocycles. The Morgan fingerprint density at radius 3 is 2.07 bits per heavy atom. The van der Waals surface area contributed by atoms with E-state index in [4.69, 9.17) is 9.47 Å². The number of carbonyl (C=O) groups excluding carboxylic acids is 1. The molecule has 1 atom stereocenters. The van der Waals surface area contributed by atoms with E-state index in [1.807, 2.05) is 12.1 Å². The Bertz CT molecular complexity index is 751. The molecule has 27 heavy (non-hydrogen) atoms. The van der Waals surface area contributed by atoms with Crippen LogP contribution in [0.4, 0.5) is 13.2 Å². The third-order valence-corrected chi connectivity index (χ3v) is 4.17. The maximum Gasteiger partial charge on any atom is 0.416 e. The van der Waals surface area contributed by atoms with Gasteiger partial charge in [0.15, 0.2) is 0 Å². The highest BCUT2D eigenvalue weighted by atomic mass is 19.4. The Balaban J connectivity index is 1.93. The van der Waals surface area contributed by atoms with Gasteiger partial charge in [0.2, 0.25) is 5.91 Å². The molecule has 0 radical (unpaired) electrons. The molecule has 4 nitrogen and oxygen atoms in total. The van der Waals surface area contributed by atoms with Crippen molar-refractivity contribution in [3.8, 4) is 11.5 Å². The van der Waals surface area contributed by atoms with Crippen LogP contribution < -0.4 is 14.8 Å². The monoisotopic (exact) mass is 381 g/mol. The van der Waals surface area contributed by atoms with Gasteiger partial charge in [-0.2, -0.15) is 13.2 Å². The third-order valence-electron chi connectivity index (χ3n) is 4.17. The number of aryl methyl sites for hydroxylation is 1. The summed E-state index contributed by atoms with van der Waals surface area (Å²) in [5, 5.41) is 2.80. The third kappa shape index (κ3) is 5.91. The summed E-state index contributed by atoms with van der Waals surface area (Å²) in [7, 11) is 3.11. The van der Waals surface area contributed by atoms with Gasteiger partial charge in [-0.05, 0) is 48.7 Å². The van der Waals surface area contributed by atoms with E-state index in [0.717, 1.165) is 17.7 Å². The van der Waals surface area contributed by atoms with Gasteiger partial charge in [-0.25, -0.2) is 0 Å². The molecule has 2 aromatic carbocycles. The van der Waals surface area contributed by atoms with Gasteiger partial charge in [0, 0.05) is 12.5 Å². The summed E-state index contributed by atoms with van der Waals surface area (Å²) in [5.41, 5.74) is 0.791. The number of ether oxygens (including phenoxy) is 2. The second-order valence-corrected chi connectivity index (χ2v) is 6.13. The summed E-state index contributed by atoms with van der Waals surface area (Å²) in [6.07, 6.45) is -3.65. The van der Waals surface area contributed by atoms with Gasteiger partial charge >= 0.3 is 6.18 Å². The molecule has 0 aromatic heterocycles. The smallest absolute Gasteiger partial charge is 0.416 e. The van der Waals surface area contributed by atoms with Crippen LogP contribution in [-0.2, 0) is 17.4 Å². The number of rotatable bonds is 7. The zero-order valence-corrected chi connectivity index (χ0v) is 15.4. The average Bonchev–Trinajstić information content (AvgIpc) is 2.65. The van der Waals surface area contributed by atoms with Gasteiger partial charge in [0.1, 0.15) is 11.5 Å². The fourth-order valence-corrected chi connectivity index (χ4v) is 2.63. The van der Waals surface area contributed by atoms with Crippen LogP contribution in [0.1, 0.15) is 36.1 Å². The van der Waals surface area contributed by atoms with Crippen molar-refractivity contribution >= 4 is 5.91 Å². The van der Waals surface area contributed by atoms with E-state index in [9.17, 15) is 18.0 Å². The summed E-state index contributed by atoms with van der Waals surface area (Å²) in [5.74, 6) is 1.09. The molecule has 0 heterocycles. The standard InChI is InChI=1S/C20H22F3NO3/c1-13(15-5-7-16(8-6-15)20(21,22)23)24-19(25)9-4-14-10-17(26-2)12-18(11-14)27-3/h5-8,10-13H,4,9H2,1-3H3,(H,24,25)/t13-/m0/s1. The van der Waals surface area contributed by atoms with Crippen LogP contribution in [0.5, 0.6) is 11.5 Å². The van der Waals surface area contributed by atoms with Gasteiger partial charge in [0.25, 0.3) is 0 Å². The topological polar surface area (TPSA) is 47.6 Å². The van der Waals surface area contributed by atoms with Gasteiger partial charge in [-0.3, -0.25) is 4.79 Å². The number of hydrogen-bond acceptors (Lipinski definition) is 3. The quantitative estimate of drug-likeness (QED) is 0.766. The highest BCUT2D eigenvalue weighted by molar-refractivity contribution is 5.76. The Labute approximate surface area is 156 Å². The molecular formula is C20H22F3NO3. The molecule has 0 aliphatic heterocycles. The van der Waals surface area contributed by atoms with Crippen molar-refractivity contribution in [3.63, 3.8) is 0 Å². The second-order valence-electron chi connectivity index (χ2n) is 6.13. The Hall–Kier alpha value is -2.70. The van der Waals surface area contributed by atoms with Crippen LogP contribution in [0.3, 0.4) is 0 Å². The van der Waals surface area contributed by atoms with Gasteiger partial charge in [0.05, 0.1) is 25.8 Å². The molecule has 0 bridgehead atoms. The molecular weight excluding hydrogens is 359 g/mol. The van der Waals surface area contributed by atoms with Gasteiger partial charge < -0.3 is 14.8 Å². The molecule has 2 rings (SSSR count). The second kappa shape index (κ2) is 8.79. The van der Waals surface area contributed by atoms with Crippen molar-refractivity contribution in [2.45, 2.75) is 32.0 Å². The maximum atomic E-state index is 12.6. The molecule has 0 aliphatic carbocycles. The predicted octanol–water partition coefficient (Wildman–Crippen LogP) is 4.53. The number of nitrogens with one attached hydrogen (secondary N) is 1.